The second-order valence-electron chi connectivity index (χ2n) is 5.17. The molecule has 6 nitrogen and oxygen atoms in total. The molecule has 3 heterocycles. The SMILES string of the molecule is NC(=O)C1CCN(c2c(Cl)cncc2-c2cn[nH]c2)CC1. The number of pyridine rings is 1. The fourth-order valence-electron chi connectivity index (χ4n) is 2.75. The zero-order chi connectivity index (χ0) is 14.8. The van der Waals surface area contributed by atoms with Crippen molar-refractivity contribution in [1.29, 1.82) is 0 Å². The lowest BCUT2D eigenvalue weighted by Gasteiger charge is -2.34. The Hall–Kier alpha value is -2.08. The number of nitrogens with zero attached hydrogens (tertiary/aromatic N) is 3. The summed E-state index contributed by atoms with van der Waals surface area (Å²) in [6, 6.07) is 0. The highest BCUT2D eigenvalue weighted by atomic mass is 35.5. The van der Waals surface area contributed by atoms with Gasteiger partial charge >= 0.3 is 0 Å². The highest BCUT2D eigenvalue weighted by Crippen LogP contribution is 2.37. The van der Waals surface area contributed by atoms with Crippen molar-refractivity contribution in [2.75, 3.05) is 18.0 Å². The Morgan fingerprint density at radius 3 is 2.71 bits per heavy atom. The molecular formula is C14H16ClN5O. The molecule has 3 rings (SSSR count). The van der Waals surface area contributed by atoms with Crippen LogP contribution in [0.2, 0.25) is 5.02 Å². The number of hydrogen-bond acceptors (Lipinski definition) is 4. The van der Waals surface area contributed by atoms with Gasteiger partial charge in [0.25, 0.3) is 0 Å². The first-order valence-electron chi connectivity index (χ1n) is 6.83. The number of rotatable bonds is 3. The molecular weight excluding hydrogens is 290 g/mol. The number of primary amides is 1. The number of carbonyl (C=O) groups excluding carboxylic acids is 1. The molecule has 0 unspecified atom stereocenters. The third-order valence-corrected chi connectivity index (χ3v) is 4.17. The summed E-state index contributed by atoms with van der Waals surface area (Å²) in [6.45, 7) is 1.50. The number of hydrogen-bond donors (Lipinski definition) is 2. The second-order valence-corrected chi connectivity index (χ2v) is 5.58. The highest BCUT2D eigenvalue weighted by Gasteiger charge is 2.26. The third kappa shape index (κ3) is 2.71. The number of halogens is 1. The Morgan fingerprint density at radius 1 is 1.33 bits per heavy atom. The maximum absolute atomic E-state index is 11.3. The highest BCUT2D eigenvalue weighted by molar-refractivity contribution is 6.33. The van der Waals surface area contributed by atoms with Crippen LogP contribution in [0.5, 0.6) is 0 Å². The van der Waals surface area contributed by atoms with Crippen molar-refractivity contribution in [3.8, 4) is 11.1 Å². The van der Waals surface area contributed by atoms with Crippen LogP contribution in [-0.4, -0.2) is 34.2 Å². The largest absolute Gasteiger partial charge is 0.370 e. The zero-order valence-electron chi connectivity index (χ0n) is 11.4. The van der Waals surface area contributed by atoms with Gasteiger partial charge in [-0.25, -0.2) is 0 Å². The molecule has 7 heteroatoms. The maximum Gasteiger partial charge on any atom is 0.220 e. The number of H-pyrrole nitrogens is 1. The summed E-state index contributed by atoms with van der Waals surface area (Å²) in [7, 11) is 0. The van der Waals surface area contributed by atoms with E-state index in [2.05, 4.69) is 20.1 Å². The van der Waals surface area contributed by atoms with E-state index in [0.717, 1.165) is 42.7 Å². The van der Waals surface area contributed by atoms with Crippen LogP contribution in [0, 0.1) is 5.92 Å². The quantitative estimate of drug-likeness (QED) is 0.905. The number of anilines is 1. The molecule has 0 saturated carbocycles. The lowest BCUT2D eigenvalue weighted by Crippen LogP contribution is -2.38. The normalized spacial score (nSPS) is 16.1. The van der Waals surface area contributed by atoms with Crippen molar-refractivity contribution in [2.45, 2.75) is 12.8 Å². The van der Waals surface area contributed by atoms with Crippen molar-refractivity contribution in [3.05, 3.63) is 29.8 Å². The molecule has 1 aliphatic heterocycles. The van der Waals surface area contributed by atoms with E-state index < -0.39 is 0 Å². The molecule has 2 aromatic heterocycles. The predicted octanol–water partition coefficient (Wildman–Crippen LogP) is 1.83. The minimum Gasteiger partial charge on any atom is -0.370 e. The molecule has 0 atom stereocenters. The van der Waals surface area contributed by atoms with Gasteiger partial charge in [0, 0.05) is 48.7 Å². The van der Waals surface area contributed by atoms with Gasteiger partial charge in [0.2, 0.25) is 5.91 Å². The Labute approximate surface area is 127 Å². The van der Waals surface area contributed by atoms with Crippen LogP contribution in [0.1, 0.15) is 12.8 Å². The number of aromatic amines is 1. The summed E-state index contributed by atoms with van der Waals surface area (Å²) in [5.74, 6) is -0.259. The van der Waals surface area contributed by atoms with Crippen molar-refractivity contribution < 1.29 is 4.79 Å². The van der Waals surface area contributed by atoms with Gasteiger partial charge in [-0.2, -0.15) is 5.10 Å². The van der Waals surface area contributed by atoms with Crippen LogP contribution >= 0.6 is 11.6 Å². The maximum atomic E-state index is 11.3. The van der Waals surface area contributed by atoms with Crippen LogP contribution in [0.25, 0.3) is 11.1 Å². The lowest BCUT2D eigenvalue weighted by molar-refractivity contribution is -0.122. The summed E-state index contributed by atoms with van der Waals surface area (Å²) in [5, 5.41) is 7.38. The molecule has 1 aliphatic rings. The summed E-state index contributed by atoms with van der Waals surface area (Å²) >= 11 is 6.35. The molecule has 1 fully saturated rings. The molecule has 2 aromatic rings. The molecule has 3 N–H and O–H groups in total. The van der Waals surface area contributed by atoms with Crippen LogP contribution in [0.3, 0.4) is 0 Å². The molecule has 0 spiro atoms. The van der Waals surface area contributed by atoms with E-state index >= 15 is 0 Å². The van der Waals surface area contributed by atoms with Gasteiger partial charge in [-0.15, -0.1) is 0 Å². The third-order valence-electron chi connectivity index (χ3n) is 3.90. The standard InChI is InChI=1S/C14H16ClN5O/c15-12-8-17-7-11(10-5-18-19-6-10)13(12)20-3-1-9(2-4-20)14(16)21/h5-9H,1-4H2,(H2,16,21)(H,18,19). The van der Waals surface area contributed by atoms with Gasteiger partial charge in [-0.05, 0) is 12.8 Å². The zero-order valence-corrected chi connectivity index (χ0v) is 12.2. The van der Waals surface area contributed by atoms with Crippen LogP contribution in [0.4, 0.5) is 5.69 Å². The average molecular weight is 306 g/mol. The molecule has 0 aliphatic carbocycles. The summed E-state index contributed by atoms with van der Waals surface area (Å²) in [5.41, 5.74) is 8.20. The van der Waals surface area contributed by atoms with E-state index in [0.29, 0.717) is 5.02 Å². The summed E-state index contributed by atoms with van der Waals surface area (Å²) in [6.07, 6.45) is 8.48. The van der Waals surface area contributed by atoms with Gasteiger partial charge in [0.05, 0.1) is 16.9 Å². The average Bonchev–Trinajstić information content (AvgIpc) is 3.01. The molecule has 1 saturated heterocycles. The van der Waals surface area contributed by atoms with E-state index in [4.69, 9.17) is 17.3 Å². The van der Waals surface area contributed by atoms with Crippen molar-refractivity contribution in [3.63, 3.8) is 0 Å². The van der Waals surface area contributed by atoms with Gasteiger partial charge < -0.3 is 10.6 Å². The monoisotopic (exact) mass is 305 g/mol. The lowest BCUT2D eigenvalue weighted by atomic mass is 9.95. The number of nitrogens with one attached hydrogen (secondary N) is 1. The van der Waals surface area contributed by atoms with E-state index in [-0.39, 0.29) is 11.8 Å². The first kappa shape index (κ1) is 13.9. The smallest absolute Gasteiger partial charge is 0.220 e. The number of carbonyl (C=O) groups is 1. The predicted molar refractivity (Wildman–Crippen MR) is 81.0 cm³/mol. The first-order chi connectivity index (χ1) is 10.2. The van der Waals surface area contributed by atoms with Crippen molar-refractivity contribution >= 4 is 23.2 Å². The Bertz CT molecular complexity index is 635. The number of amides is 1. The summed E-state index contributed by atoms with van der Waals surface area (Å²) in [4.78, 5) is 17.6. The van der Waals surface area contributed by atoms with Crippen LogP contribution < -0.4 is 10.6 Å². The van der Waals surface area contributed by atoms with E-state index in [1.54, 1.807) is 18.6 Å². The molecule has 21 heavy (non-hydrogen) atoms. The van der Waals surface area contributed by atoms with Crippen molar-refractivity contribution in [2.24, 2.45) is 11.7 Å². The van der Waals surface area contributed by atoms with E-state index in [9.17, 15) is 4.79 Å². The first-order valence-corrected chi connectivity index (χ1v) is 7.21. The molecule has 110 valence electrons. The molecule has 1 amide bonds. The second kappa shape index (κ2) is 5.73. The van der Waals surface area contributed by atoms with Crippen LogP contribution in [-0.2, 0) is 4.79 Å². The minimum absolute atomic E-state index is 0.0424. The van der Waals surface area contributed by atoms with Gasteiger partial charge in [-0.3, -0.25) is 14.9 Å². The number of aromatic nitrogens is 3. The van der Waals surface area contributed by atoms with Crippen LogP contribution in [0.15, 0.2) is 24.8 Å². The van der Waals surface area contributed by atoms with Crippen molar-refractivity contribution in [1.82, 2.24) is 15.2 Å². The Morgan fingerprint density at radius 2 is 2.10 bits per heavy atom. The fourth-order valence-corrected chi connectivity index (χ4v) is 3.02. The van der Waals surface area contributed by atoms with Gasteiger partial charge in [0.1, 0.15) is 0 Å². The molecule has 0 radical (unpaired) electrons. The van der Waals surface area contributed by atoms with Gasteiger partial charge in [0.15, 0.2) is 0 Å². The van der Waals surface area contributed by atoms with E-state index in [1.807, 2.05) is 6.20 Å². The Balaban J connectivity index is 1.91. The number of nitrogens with two attached hydrogens (primary N) is 1. The molecule has 0 aromatic carbocycles. The summed E-state index contributed by atoms with van der Waals surface area (Å²) < 4.78 is 0. The fraction of sp³-hybridized carbons (Fsp3) is 0.357. The van der Waals surface area contributed by atoms with E-state index in [1.165, 1.54) is 0 Å². The minimum atomic E-state index is -0.217. The Kier molecular flexibility index (Phi) is 3.79. The topological polar surface area (TPSA) is 87.9 Å². The number of piperidine rings is 1. The molecule has 0 bridgehead atoms. The van der Waals surface area contributed by atoms with Gasteiger partial charge in [-0.1, -0.05) is 11.6 Å².